The molecule has 3 aliphatic heterocycles. The summed E-state index contributed by atoms with van der Waals surface area (Å²) in [5.41, 5.74) is 0. The van der Waals surface area contributed by atoms with E-state index in [-0.39, 0.29) is 12.4 Å². The van der Waals surface area contributed by atoms with E-state index in [0.29, 0.717) is 23.9 Å². The van der Waals surface area contributed by atoms with Crippen molar-refractivity contribution in [2.24, 2.45) is 11.8 Å². The SMILES string of the molecule is Cl.O=C(CC1CC2CCC(C1)N2)NCC1CCSCC1. The van der Waals surface area contributed by atoms with Crippen LogP contribution in [0.3, 0.4) is 0 Å². The topological polar surface area (TPSA) is 41.1 Å². The Morgan fingerprint density at radius 1 is 1.05 bits per heavy atom. The maximum Gasteiger partial charge on any atom is 0.220 e. The summed E-state index contributed by atoms with van der Waals surface area (Å²) in [7, 11) is 0. The summed E-state index contributed by atoms with van der Waals surface area (Å²) < 4.78 is 0. The van der Waals surface area contributed by atoms with Crippen LogP contribution in [0.5, 0.6) is 0 Å². The first kappa shape index (κ1) is 16.4. The molecule has 0 spiro atoms. The standard InChI is InChI=1S/C15H26N2OS.ClH/c18-15(16-10-11-3-5-19-6-4-11)9-12-7-13-1-2-14(8-12)17-13;/h11-14,17H,1-10H2,(H,16,18);1H. The van der Waals surface area contributed by atoms with Crippen molar-refractivity contribution in [3.63, 3.8) is 0 Å². The lowest BCUT2D eigenvalue weighted by atomic mass is 9.89. The highest BCUT2D eigenvalue weighted by Gasteiger charge is 2.34. The molecule has 5 heteroatoms. The van der Waals surface area contributed by atoms with Crippen LogP contribution < -0.4 is 10.6 Å². The van der Waals surface area contributed by atoms with E-state index in [9.17, 15) is 4.79 Å². The number of hydrogen-bond acceptors (Lipinski definition) is 3. The first-order chi connectivity index (χ1) is 9.29. The Morgan fingerprint density at radius 3 is 2.35 bits per heavy atom. The highest BCUT2D eigenvalue weighted by molar-refractivity contribution is 7.99. The van der Waals surface area contributed by atoms with Crippen molar-refractivity contribution in [1.82, 2.24) is 10.6 Å². The number of carbonyl (C=O) groups is 1. The molecule has 20 heavy (non-hydrogen) atoms. The lowest BCUT2D eigenvalue weighted by Gasteiger charge is -2.29. The Morgan fingerprint density at radius 2 is 1.70 bits per heavy atom. The Bertz CT molecular complexity index is 311. The van der Waals surface area contributed by atoms with Gasteiger partial charge >= 0.3 is 0 Å². The van der Waals surface area contributed by atoms with E-state index in [0.717, 1.165) is 18.9 Å². The zero-order valence-electron chi connectivity index (χ0n) is 12.1. The Labute approximate surface area is 132 Å². The Kier molecular flexibility index (Phi) is 6.50. The number of rotatable bonds is 4. The third-order valence-corrected chi connectivity index (χ3v) is 6.02. The van der Waals surface area contributed by atoms with Crippen molar-refractivity contribution in [2.45, 2.75) is 57.0 Å². The first-order valence-corrected chi connectivity index (χ1v) is 9.05. The fourth-order valence-electron chi connectivity index (χ4n) is 3.88. The van der Waals surface area contributed by atoms with E-state index >= 15 is 0 Å². The number of hydrogen-bond donors (Lipinski definition) is 2. The van der Waals surface area contributed by atoms with E-state index < -0.39 is 0 Å². The fourth-order valence-corrected chi connectivity index (χ4v) is 5.09. The summed E-state index contributed by atoms with van der Waals surface area (Å²) in [4.78, 5) is 12.1. The van der Waals surface area contributed by atoms with Gasteiger partial charge in [0.2, 0.25) is 5.91 Å². The van der Waals surface area contributed by atoms with Crippen LogP contribution in [-0.4, -0.2) is 36.0 Å². The van der Waals surface area contributed by atoms with E-state index in [1.807, 2.05) is 11.8 Å². The molecule has 1 amide bonds. The van der Waals surface area contributed by atoms with Gasteiger partial charge in [0.05, 0.1) is 0 Å². The van der Waals surface area contributed by atoms with Crippen LogP contribution in [0.15, 0.2) is 0 Å². The molecule has 0 aromatic carbocycles. The normalized spacial score (nSPS) is 33.5. The van der Waals surface area contributed by atoms with Crippen LogP contribution >= 0.6 is 24.2 Å². The molecule has 0 aromatic rings. The van der Waals surface area contributed by atoms with Gasteiger partial charge in [-0.2, -0.15) is 11.8 Å². The largest absolute Gasteiger partial charge is 0.356 e. The van der Waals surface area contributed by atoms with Crippen molar-refractivity contribution in [3.05, 3.63) is 0 Å². The molecule has 0 aliphatic carbocycles. The van der Waals surface area contributed by atoms with Gasteiger partial charge in [0.1, 0.15) is 0 Å². The van der Waals surface area contributed by atoms with Gasteiger partial charge in [0.25, 0.3) is 0 Å². The van der Waals surface area contributed by atoms with E-state index in [1.165, 1.54) is 50.0 Å². The van der Waals surface area contributed by atoms with Crippen LogP contribution in [-0.2, 0) is 4.79 Å². The summed E-state index contributed by atoms with van der Waals surface area (Å²) in [5.74, 6) is 4.20. The van der Waals surface area contributed by atoms with Gasteiger partial charge in [-0.25, -0.2) is 0 Å². The number of fused-ring (bicyclic) bond motifs is 2. The average molecular weight is 319 g/mol. The molecular formula is C15H27ClN2OS. The molecule has 3 rings (SSSR count). The van der Waals surface area contributed by atoms with E-state index in [1.54, 1.807) is 0 Å². The molecular weight excluding hydrogens is 292 g/mol. The quantitative estimate of drug-likeness (QED) is 0.837. The summed E-state index contributed by atoms with van der Waals surface area (Å²) in [6, 6.07) is 1.40. The minimum atomic E-state index is 0. The molecule has 3 fully saturated rings. The summed E-state index contributed by atoms with van der Waals surface area (Å²) in [5, 5.41) is 6.82. The molecule has 116 valence electrons. The molecule has 3 saturated heterocycles. The smallest absolute Gasteiger partial charge is 0.220 e. The lowest BCUT2D eigenvalue weighted by molar-refractivity contribution is -0.122. The highest BCUT2D eigenvalue weighted by atomic mass is 35.5. The van der Waals surface area contributed by atoms with Crippen molar-refractivity contribution >= 4 is 30.1 Å². The van der Waals surface area contributed by atoms with Crippen LogP contribution in [0.4, 0.5) is 0 Å². The minimum Gasteiger partial charge on any atom is -0.356 e. The predicted molar refractivity (Wildman–Crippen MR) is 87.6 cm³/mol. The zero-order valence-corrected chi connectivity index (χ0v) is 13.7. The molecule has 3 heterocycles. The number of amides is 1. The van der Waals surface area contributed by atoms with E-state index in [2.05, 4.69) is 10.6 Å². The van der Waals surface area contributed by atoms with Gasteiger partial charge in [-0.3, -0.25) is 4.79 Å². The molecule has 2 atom stereocenters. The van der Waals surface area contributed by atoms with Gasteiger partial charge in [-0.1, -0.05) is 0 Å². The molecule has 0 saturated carbocycles. The van der Waals surface area contributed by atoms with Crippen LogP contribution in [0, 0.1) is 11.8 Å². The molecule has 2 N–H and O–H groups in total. The van der Waals surface area contributed by atoms with Gasteiger partial charge in [0, 0.05) is 25.0 Å². The van der Waals surface area contributed by atoms with Crippen molar-refractivity contribution < 1.29 is 4.79 Å². The lowest BCUT2D eigenvalue weighted by Crippen LogP contribution is -2.40. The van der Waals surface area contributed by atoms with Crippen molar-refractivity contribution in [3.8, 4) is 0 Å². The minimum absolute atomic E-state index is 0. The van der Waals surface area contributed by atoms with Gasteiger partial charge in [-0.05, 0) is 61.9 Å². The average Bonchev–Trinajstić information content (AvgIpc) is 2.77. The van der Waals surface area contributed by atoms with E-state index in [4.69, 9.17) is 0 Å². The van der Waals surface area contributed by atoms with Crippen molar-refractivity contribution in [2.75, 3.05) is 18.1 Å². The summed E-state index contributed by atoms with van der Waals surface area (Å²) in [6.45, 7) is 0.914. The number of carbonyl (C=O) groups excluding carboxylic acids is 1. The van der Waals surface area contributed by atoms with Crippen LogP contribution in [0.1, 0.15) is 44.9 Å². The number of halogens is 1. The first-order valence-electron chi connectivity index (χ1n) is 7.90. The summed E-state index contributed by atoms with van der Waals surface area (Å²) in [6.07, 6.45) is 8.39. The zero-order chi connectivity index (χ0) is 13.1. The predicted octanol–water partition coefficient (Wildman–Crippen LogP) is 2.59. The summed E-state index contributed by atoms with van der Waals surface area (Å²) >= 11 is 2.05. The van der Waals surface area contributed by atoms with Gasteiger partial charge in [-0.15, -0.1) is 12.4 Å². The van der Waals surface area contributed by atoms with Gasteiger partial charge < -0.3 is 10.6 Å². The molecule has 0 radical (unpaired) electrons. The van der Waals surface area contributed by atoms with Crippen LogP contribution in [0.25, 0.3) is 0 Å². The van der Waals surface area contributed by atoms with Crippen LogP contribution in [0.2, 0.25) is 0 Å². The highest BCUT2D eigenvalue weighted by Crippen LogP contribution is 2.32. The number of thioether (sulfide) groups is 1. The molecule has 2 unspecified atom stereocenters. The maximum atomic E-state index is 12.1. The number of nitrogens with one attached hydrogen (secondary N) is 2. The second-order valence-electron chi connectivity index (χ2n) is 6.54. The Balaban J connectivity index is 0.00000147. The maximum absolute atomic E-state index is 12.1. The van der Waals surface area contributed by atoms with Crippen molar-refractivity contribution in [1.29, 1.82) is 0 Å². The molecule has 0 aromatic heterocycles. The second-order valence-corrected chi connectivity index (χ2v) is 7.76. The molecule has 2 bridgehead atoms. The monoisotopic (exact) mass is 318 g/mol. The Hall–Kier alpha value is 0.0700. The fraction of sp³-hybridized carbons (Fsp3) is 0.933. The third kappa shape index (κ3) is 4.54. The third-order valence-electron chi connectivity index (χ3n) is 4.97. The molecule has 3 nitrogen and oxygen atoms in total. The number of piperidine rings is 1. The molecule has 3 aliphatic rings. The second kappa shape index (κ2) is 7.90. The van der Waals surface area contributed by atoms with Gasteiger partial charge in [0.15, 0.2) is 0 Å².